The summed E-state index contributed by atoms with van der Waals surface area (Å²) >= 11 is 5.79. The third kappa shape index (κ3) is 1.20. The monoisotopic (exact) mass is 209 g/mol. The predicted molar refractivity (Wildman–Crippen MR) is 50.7 cm³/mol. The number of aromatic nitrogens is 1. The summed E-state index contributed by atoms with van der Waals surface area (Å²) in [4.78, 5) is 25.6. The molecule has 2 aromatic rings. The second-order valence-corrected chi connectivity index (χ2v) is 2.96. The Morgan fingerprint density at radius 1 is 1.50 bits per heavy atom. The lowest BCUT2D eigenvalue weighted by Gasteiger charge is -1.98. The van der Waals surface area contributed by atoms with E-state index in [9.17, 15) is 9.59 Å². The smallest absolute Gasteiger partial charge is 0.348 e. The molecular weight excluding hydrogens is 206 g/mol. The average molecular weight is 210 g/mol. The lowest BCUT2D eigenvalue weighted by molar-refractivity contribution is 0.112. The van der Waals surface area contributed by atoms with Crippen molar-refractivity contribution in [1.82, 2.24) is 4.98 Å². The van der Waals surface area contributed by atoms with Gasteiger partial charge in [-0.2, -0.15) is 0 Å². The summed E-state index contributed by atoms with van der Waals surface area (Å²) in [5.41, 5.74) is -0.354. The van der Waals surface area contributed by atoms with E-state index >= 15 is 0 Å². The number of halogens is 1. The van der Waals surface area contributed by atoms with Gasteiger partial charge in [-0.25, -0.2) is 4.79 Å². The van der Waals surface area contributed by atoms with Crippen molar-refractivity contribution in [2.45, 2.75) is 0 Å². The van der Waals surface area contributed by atoms with Gasteiger partial charge in [0.15, 0.2) is 11.9 Å². The number of fused-ring (bicyclic) bond motifs is 1. The maximum atomic E-state index is 11.2. The molecule has 2 heterocycles. The zero-order valence-corrected chi connectivity index (χ0v) is 7.62. The van der Waals surface area contributed by atoms with Gasteiger partial charge in [-0.15, -0.1) is 0 Å². The van der Waals surface area contributed by atoms with E-state index < -0.39 is 5.63 Å². The topological polar surface area (TPSA) is 60.2 Å². The summed E-state index contributed by atoms with van der Waals surface area (Å²) in [5, 5.41) is 0.0341. The highest BCUT2D eigenvalue weighted by Crippen LogP contribution is 2.21. The van der Waals surface area contributed by atoms with Crippen LogP contribution in [0.15, 0.2) is 27.5 Å². The summed E-state index contributed by atoms with van der Waals surface area (Å²) in [6.45, 7) is 0. The molecule has 0 aliphatic carbocycles. The summed E-state index contributed by atoms with van der Waals surface area (Å²) in [6.07, 6.45) is 1.87. The number of rotatable bonds is 1. The van der Waals surface area contributed by atoms with Gasteiger partial charge in [0.25, 0.3) is 0 Å². The van der Waals surface area contributed by atoms with E-state index in [1.165, 1.54) is 6.20 Å². The molecule has 0 aliphatic rings. The van der Waals surface area contributed by atoms with Gasteiger partial charge < -0.3 is 4.42 Å². The number of carbonyl (C=O) groups is 1. The molecule has 0 atom stereocenters. The van der Waals surface area contributed by atoms with E-state index in [-0.39, 0.29) is 16.2 Å². The van der Waals surface area contributed by atoms with Crippen molar-refractivity contribution in [2.24, 2.45) is 0 Å². The minimum absolute atomic E-state index is 0.0341. The summed E-state index contributed by atoms with van der Waals surface area (Å²) < 4.78 is 4.83. The van der Waals surface area contributed by atoms with Crippen LogP contribution in [0.1, 0.15) is 10.4 Å². The van der Waals surface area contributed by atoms with E-state index in [1.807, 2.05) is 0 Å². The van der Waals surface area contributed by atoms with Crippen LogP contribution in [0.2, 0.25) is 5.02 Å². The Morgan fingerprint density at radius 2 is 2.29 bits per heavy atom. The number of pyridine rings is 1. The fourth-order valence-corrected chi connectivity index (χ4v) is 1.37. The number of aldehydes is 1. The second kappa shape index (κ2) is 3.23. The fraction of sp³-hybridized carbons (Fsp3) is 0. The Labute approximate surface area is 83.1 Å². The molecule has 70 valence electrons. The minimum atomic E-state index is -0.745. The Balaban J connectivity index is 3.00. The van der Waals surface area contributed by atoms with Crippen molar-refractivity contribution in [1.29, 1.82) is 0 Å². The molecule has 0 aromatic carbocycles. The molecule has 14 heavy (non-hydrogen) atoms. The zero-order valence-electron chi connectivity index (χ0n) is 6.86. The fourth-order valence-electron chi connectivity index (χ4n) is 1.11. The van der Waals surface area contributed by atoms with Crippen molar-refractivity contribution >= 4 is 29.0 Å². The molecule has 0 fully saturated rings. The van der Waals surface area contributed by atoms with Crippen LogP contribution in [-0.4, -0.2) is 11.3 Å². The molecule has 0 unspecified atom stereocenters. The largest absolute Gasteiger partial charge is 0.420 e. The summed E-state index contributed by atoms with van der Waals surface area (Å²) in [5.74, 6) is 0. The predicted octanol–water partition coefficient (Wildman–Crippen LogP) is 1.65. The molecule has 4 nitrogen and oxygen atoms in total. The molecule has 5 heteroatoms. The zero-order chi connectivity index (χ0) is 10.1. The molecule has 0 N–H and O–H groups in total. The maximum absolute atomic E-state index is 11.2. The number of nitrogens with zero attached hydrogens (tertiary/aromatic N) is 1. The van der Waals surface area contributed by atoms with Crippen LogP contribution in [0, 0.1) is 0 Å². The van der Waals surface area contributed by atoms with Crippen molar-refractivity contribution in [3.05, 3.63) is 39.3 Å². The van der Waals surface area contributed by atoms with Crippen LogP contribution in [0.3, 0.4) is 0 Å². The normalized spacial score (nSPS) is 10.4. The second-order valence-electron chi connectivity index (χ2n) is 2.59. The molecule has 0 saturated heterocycles. The summed E-state index contributed by atoms with van der Waals surface area (Å²) in [7, 11) is 0. The van der Waals surface area contributed by atoms with Crippen LogP contribution >= 0.6 is 11.6 Å². The third-order valence-corrected chi connectivity index (χ3v) is 2.14. The number of carbonyl (C=O) groups excluding carboxylic acids is 1. The van der Waals surface area contributed by atoms with Gasteiger partial charge in [0.1, 0.15) is 11.1 Å². The Bertz CT molecular complexity index is 561. The summed E-state index contributed by atoms with van der Waals surface area (Å²) in [6, 6.07) is 3.17. The van der Waals surface area contributed by atoms with Crippen LogP contribution in [0.5, 0.6) is 0 Å². The first kappa shape index (κ1) is 8.90. The lowest BCUT2D eigenvalue weighted by Crippen LogP contribution is -2.07. The first-order valence-corrected chi connectivity index (χ1v) is 4.14. The molecule has 2 aromatic heterocycles. The third-order valence-electron chi connectivity index (χ3n) is 1.76. The lowest BCUT2D eigenvalue weighted by atomic mass is 10.2. The molecule has 0 amide bonds. The van der Waals surface area contributed by atoms with Gasteiger partial charge in [-0.3, -0.25) is 9.78 Å². The standard InChI is InChI=1S/C9H4ClNO3/c10-7-5(4-12)9(13)14-6-2-1-3-11-8(6)7/h1-4H. The Hall–Kier alpha value is -1.68. The molecule has 0 spiro atoms. The Kier molecular flexibility index (Phi) is 2.05. The highest BCUT2D eigenvalue weighted by Gasteiger charge is 2.12. The van der Waals surface area contributed by atoms with Crippen LogP contribution in [-0.2, 0) is 0 Å². The van der Waals surface area contributed by atoms with E-state index in [0.717, 1.165) is 0 Å². The van der Waals surface area contributed by atoms with Gasteiger partial charge in [-0.05, 0) is 12.1 Å². The van der Waals surface area contributed by atoms with Gasteiger partial charge in [0, 0.05) is 6.20 Å². The van der Waals surface area contributed by atoms with Crippen molar-refractivity contribution < 1.29 is 9.21 Å². The Morgan fingerprint density at radius 3 is 3.00 bits per heavy atom. The molecular formula is C9H4ClNO3. The SMILES string of the molecule is O=Cc1c(Cl)c2ncccc2oc1=O. The highest BCUT2D eigenvalue weighted by atomic mass is 35.5. The highest BCUT2D eigenvalue weighted by molar-refractivity contribution is 6.36. The van der Waals surface area contributed by atoms with Crippen LogP contribution in [0.25, 0.3) is 11.1 Å². The number of hydrogen-bond acceptors (Lipinski definition) is 4. The van der Waals surface area contributed by atoms with Crippen LogP contribution < -0.4 is 5.63 Å². The molecule has 0 bridgehead atoms. The number of hydrogen-bond donors (Lipinski definition) is 0. The van der Waals surface area contributed by atoms with Crippen molar-refractivity contribution in [3.63, 3.8) is 0 Å². The molecule has 0 aliphatic heterocycles. The van der Waals surface area contributed by atoms with Gasteiger partial charge in [0.05, 0.1) is 5.02 Å². The van der Waals surface area contributed by atoms with E-state index in [1.54, 1.807) is 12.1 Å². The quantitative estimate of drug-likeness (QED) is 0.670. The van der Waals surface area contributed by atoms with Gasteiger partial charge in [0.2, 0.25) is 0 Å². The minimum Gasteiger partial charge on any atom is -0.420 e. The molecule has 0 saturated carbocycles. The van der Waals surface area contributed by atoms with Gasteiger partial charge >= 0.3 is 5.63 Å². The average Bonchev–Trinajstić information content (AvgIpc) is 2.18. The first-order chi connectivity index (χ1) is 6.74. The van der Waals surface area contributed by atoms with Gasteiger partial charge in [-0.1, -0.05) is 11.6 Å². The van der Waals surface area contributed by atoms with Crippen LogP contribution in [0.4, 0.5) is 0 Å². The van der Waals surface area contributed by atoms with E-state index in [4.69, 9.17) is 16.0 Å². The molecule has 0 radical (unpaired) electrons. The van der Waals surface area contributed by atoms with Crippen molar-refractivity contribution in [3.8, 4) is 0 Å². The van der Waals surface area contributed by atoms with Crippen molar-refractivity contribution in [2.75, 3.05) is 0 Å². The first-order valence-electron chi connectivity index (χ1n) is 3.76. The maximum Gasteiger partial charge on any atom is 0.348 e. The van der Waals surface area contributed by atoms with E-state index in [0.29, 0.717) is 11.8 Å². The van der Waals surface area contributed by atoms with E-state index in [2.05, 4.69) is 4.98 Å². The molecule has 2 rings (SSSR count).